The van der Waals surface area contributed by atoms with Crippen molar-refractivity contribution in [2.45, 2.75) is 4.90 Å². The molecular formula is C7H7N3S. The third kappa shape index (κ3) is 0.991. The van der Waals surface area contributed by atoms with Crippen molar-refractivity contribution >= 4 is 17.4 Å². The van der Waals surface area contributed by atoms with Gasteiger partial charge >= 0.3 is 0 Å². The maximum absolute atomic E-state index is 3.98. The van der Waals surface area contributed by atoms with E-state index in [2.05, 4.69) is 10.2 Å². The van der Waals surface area contributed by atoms with Crippen molar-refractivity contribution in [1.29, 1.82) is 0 Å². The minimum atomic E-state index is 0.931. The molecule has 4 heteroatoms. The highest BCUT2D eigenvalue weighted by molar-refractivity contribution is 7.98. The van der Waals surface area contributed by atoms with Gasteiger partial charge in [0.2, 0.25) is 0 Å². The topological polar surface area (TPSA) is 30.2 Å². The Labute approximate surface area is 68.4 Å². The molecule has 0 atom stereocenters. The van der Waals surface area contributed by atoms with Crippen LogP contribution in [0.1, 0.15) is 0 Å². The maximum atomic E-state index is 3.98. The highest BCUT2D eigenvalue weighted by Gasteiger charge is 1.99. The second-order valence-electron chi connectivity index (χ2n) is 2.14. The summed E-state index contributed by atoms with van der Waals surface area (Å²) in [5.74, 6) is 0. The van der Waals surface area contributed by atoms with Gasteiger partial charge in [-0.05, 0) is 18.4 Å². The lowest BCUT2D eigenvalue weighted by Crippen LogP contribution is -1.83. The van der Waals surface area contributed by atoms with Crippen molar-refractivity contribution in [2.24, 2.45) is 0 Å². The number of hydrogen-bond donors (Lipinski definition) is 0. The van der Waals surface area contributed by atoms with Gasteiger partial charge in [0.05, 0.1) is 4.90 Å². The molecule has 0 saturated heterocycles. The fraction of sp³-hybridized carbons (Fsp3) is 0.143. The largest absolute Gasteiger partial charge is 0.288 e. The molecule has 0 spiro atoms. The zero-order valence-electron chi connectivity index (χ0n) is 6.06. The molecule has 0 fully saturated rings. The molecule has 0 bridgehead atoms. The molecule has 11 heavy (non-hydrogen) atoms. The van der Waals surface area contributed by atoms with Gasteiger partial charge in [0.25, 0.3) is 0 Å². The molecule has 0 N–H and O–H groups in total. The lowest BCUT2D eigenvalue weighted by atomic mass is 10.5. The van der Waals surface area contributed by atoms with Crippen LogP contribution >= 0.6 is 11.8 Å². The van der Waals surface area contributed by atoms with Crippen LogP contribution in [0.2, 0.25) is 0 Å². The molecule has 0 unspecified atom stereocenters. The Morgan fingerprint density at radius 3 is 3.27 bits per heavy atom. The predicted molar refractivity (Wildman–Crippen MR) is 44.8 cm³/mol. The summed E-state index contributed by atoms with van der Waals surface area (Å²) in [6.07, 6.45) is 5.67. The Kier molecular flexibility index (Phi) is 1.54. The van der Waals surface area contributed by atoms with E-state index in [-0.39, 0.29) is 0 Å². The standard InChI is InChI=1S/C7H7N3S/c1-11-6-3-2-4-10-5-8-9-7(6)10/h2-5H,1H3. The first-order valence-corrected chi connectivity index (χ1v) is 4.46. The molecule has 2 heterocycles. The molecule has 0 saturated carbocycles. The molecule has 2 aromatic heterocycles. The smallest absolute Gasteiger partial charge is 0.174 e. The third-order valence-electron chi connectivity index (χ3n) is 1.51. The van der Waals surface area contributed by atoms with E-state index in [9.17, 15) is 0 Å². The highest BCUT2D eigenvalue weighted by atomic mass is 32.2. The Balaban J connectivity index is 2.79. The summed E-state index contributed by atoms with van der Waals surface area (Å²) in [5.41, 5.74) is 0.931. The normalized spacial score (nSPS) is 10.6. The van der Waals surface area contributed by atoms with Crippen LogP contribution in [-0.4, -0.2) is 20.9 Å². The van der Waals surface area contributed by atoms with Gasteiger partial charge < -0.3 is 0 Å². The fourth-order valence-corrected chi connectivity index (χ4v) is 1.53. The Hall–Kier alpha value is -1.03. The lowest BCUT2D eigenvalue weighted by Gasteiger charge is -1.95. The van der Waals surface area contributed by atoms with E-state index >= 15 is 0 Å². The van der Waals surface area contributed by atoms with Crippen LogP contribution in [0.3, 0.4) is 0 Å². The lowest BCUT2D eigenvalue weighted by molar-refractivity contribution is 1.10. The number of hydrogen-bond acceptors (Lipinski definition) is 3. The molecule has 3 nitrogen and oxygen atoms in total. The average Bonchev–Trinajstić information content (AvgIpc) is 2.50. The predicted octanol–water partition coefficient (Wildman–Crippen LogP) is 1.45. The Morgan fingerprint density at radius 2 is 2.45 bits per heavy atom. The van der Waals surface area contributed by atoms with Gasteiger partial charge in [-0.15, -0.1) is 22.0 Å². The van der Waals surface area contributed by atoms with Gasteiger partial charge in [-0.3, -0.25) is 4.40 Å². The Bertz CT molecular complexity index is 368. The Morgan fingerprint density at radius 1 is 1.55 bits per heavy atom. The highest BCUT2D eigenvalue weighted by Crippen LogP contribution is 2.17. The molecule has 0 aliphatic heterocycles. The van der Waals surface area contributed by atoms with Gasteiger partial charge in [-0.1, -0.05) is 0 Å². The second-order valence-corrected chi connectivity index (χ2v) is 2.99. The van der Waals surface area contributed by atoms with Crippen LogP contribution < -0.4 is 0 Å². The van der Waals surface area contributed by atoms with Gasteiger partial charge in [-0.25, -0.2) is 0 Å². The van der Waals surface area contributed by atoms with Gasteiger partial charge in [0.15, 0.2) is 5.65 Å². The van der Waals surface area contributed by atoms with E-state index in [4.69, 9.17) is 0 Å². The van der Waals surface area contributed by atoms with Crippen molar-refractivity contribution in [3.8, 4) is 0 Å². The van der Waals surface area contributed by atoms with Crippen LogP contribution in [0.5, 0.6) is 0 Å². The van der Waals surface area contributed by atoms with E-state index in [1.807, 2.05) is 29.0 Å². The molecule has 0 radical (unpaired) electrons. The van der Waals surface area contributed by atoms with Crippen molar-refractivity contribution in [1.82, 2.24) is 14.6 Å². The van der Waals surface area contributed by atoms with Crippen molar-refractivity contribution < 1.29 is 0 Å². The first-order chi connectivity index (χ1) is 5.42. The second kappa shape index (κ2) is 2.54. The quantitative estimate of drug-likeness (QED) is 0.599. The molecule has 0 aliphatic carbocycles. The van der Waals surface area contributed by atoms with Gasteiger partial charge in [0, 0.05) is 6.20 Å². The van der Waals surface area contributed by atoms with E-state index in [0.717, 1.165) is 10.5 Å². The molecule has 0 aromatic carbocycles. The summed E-state index contributed by atoms with van der Waals surface area (Å²) in [4.78, 5) is 1.16. The van der Waals surface area contributed by atoms with Gasteiger partial charge in [-0.2, -0.15) is 0 Å². The third-order valence-corrected chi connectivity index (χ3v) is 2.27. The first kappa shape index (κ1) is 6.67. The minimum absolute atomic E-state index is 0.931. The maximum Gasteiger partial charge on any atom is 0.174 e. The van der Waals surface area contributed by atoms with Crippen molar-refractivity contribution in [2.75, 3.05) is 6.26 Å². The molecule has 56 valence electrons. The van der Waals surface area contributed by atoms with Crippen molar-refractivity contribution in [3.05, 3.63) is 24.7 Å². The first-order valence-electron chi connectivity index (χ1n) is 3.24. The van der Waals surface area contributed by atoms with Crippen LogP contribution in [0.25, 0.3) is 5.65 Å². The van der Waals surface area contributed by atoms with E-state index in [0.29, 0.717) is 0 Å². The SMILES string of the molecule is CSc1cccn2cnnc12. The van der Waals surface area contributed by atoms with Crippen LogP contribution in [-0.2, 0) is 0 Å². The summed E-state index contributed by atoms with van der Waals surface area (Å²) in [5, 5.41) is 7.79. The zero-order valence-corrected chi connectivity index (χ0v) is 6.88. The molecule has 2 rings (SSSR count). The summed E-state index contributed by atoms with van der Waals surface area (Å²) in [6, 6.07) is 4.02. The summed E-state index contributed by atoms with van der Waals surface area (Å²) < 4.78 is 1.91. The summed E-state index contributed by atoms with van der Waals surface area (Å²) >= 11 is 1.68. The average molecular weight is 165 g/mol. The van der Waals surface area contributed by atoms with E-state index < -0.39 is 0 Å². The molecule has 2 aromatic rings. The van der Waals surface area contributed by atoms with Crippen molar-refractivity contribution in [3.63, 3.8) is 0 Å². The summed E-state index contributed by atoms with van der Waals surface area (Å²) in [7, 11) is 0. The van der Waals surface area contributed by atoms with E-state index in [1.165, 1.54) is 0 Å². The number of aromatic nitrogens is 3. The fourth-order valence-electron chi connectivity index (χ4n) is 0.985. The number of thioether (sulfide) groups is 1. The van der Waals surface area contributed by atoms with Crippen LogP contribution in [0.4, 0.5) is 0 Å². The zero-order chi connectivity index (χ0) is 7.68. The molecular weight excluding hydrogens is 158 g/mol. The number of pyridine rings is 1. The number of rotatable bonds is 1. The summed E-state index contributed by atoms with van der Waals surface area (Å²) in [6.45, 7) is 0. The molecule has 0 amide bonds. The van der Waals surface area contributed by atoms with Crippen LogP contribution in [0, 0.1) is 0 Å². The number of fused-ring (bicyclic) bond motifs is 1. The molecule has 0 aliphatic rings. The van der Waals surface area contributed by atoms with E-state index in [1.54, 1.807) is 18.1 Å². The number of nitrogens with zero attached hydrogens (tertiary/aromatic N) is 3. The monoisotopic (exact) mass is 165 g/mol. The van der Waals surface area contributed by atoms with Crippen LogP contribution in [0.15, 0.2) is 29.6 Å². The minimum Gasteiger partial charge on any atom is -0.288 e. The van der Waals surface area contributed by atoms with Gasteiger partial charge in [0.1, 0.15) is 6.33 Å².